The van der Waals surface area contributed by atoms with Crippen LogP contribution in [0.2, 0.25) is 0 Å². The molecule has 0 aromatic carbocycles. The summed E-state index contributed by atoms with van der Waals surface area (Å²) in [7, 11) is 6.08. The van der Waals surface area contributed by atoms with Gasteiger partial charge in [-0.25, -0.2) is 4.98 Å². The van der Waals surface area contributed by atoms with E-state index in [0.717, 1.165) is 25.3 Å². The third-order valence-corrected chi connectivity index (χ3v) is 1.84. The molecular weight excluding hydrogens is 188 g/mol. The predicted octanol–water partition coefficient (Wildman–Crippen LogP) is 1.19. The Kier molecular flexibility index (Phi) is 7.95. The Hall–Kier alpha value is -0.870. The number of nitrogens with zero attached hydrogens (tertiary/aromatic N) is 3. The van der Waals surface area contributed by atoms with Crippen molar-refractivity contribution >= 4 is 0 Å². The van der Waals surface area contributed by atoms with Gasteiger partial charge < -0.3 is 14.8 Å². The molecule has 0 radical (unpaired) electrons. The molecule has 15 heavy (non-hydrogen) atoms. The standard InChI is InChI=1S/C9H18N4.C2H6/c1-10-7-13-6-9(11-8-13)4-5-12(2)3;1-2/h6,8,10H,4-5,7H2,1-3H3;1-2H3. The normalized spacial score (nSPS) is 10.0. The van der Waals surface area contributed by atoms with E-state index >= 15 is 0 Å². The van der Waals surface area contributed by atoms with Crippen LogP contribution in [-0.2, 0) is 13.1 Å². The second-order valence-corrected chi connectivity index (χ2v) is 3.44. The lowest BCUT2D eigenvalue weighted by Crippen LogP contribution is -2.15. The Morgan fingerprint density at radius 2 is 2.07 bits per heavy atom. The monoisotopic (exact) mass is 212 g/mol. The average Bonchev–Trinajstić information content (AvgIpc) is 2.67. The van der Waals surface area contributed by atoms with E-state index in [0.29, 0.717) is 0 Å². The van der Waals surface area contributed by atoms with Gasteiger partial charge >= 0.3 is 0 Å². The number of likely N-dealkylation sites (N-methyl/N-ethyl adjacent to an activating group) is 1. The third kappa shape index (κ3) is 6.25. The third-order valence-electron chi connectivity index (χ3n) is 1.84. The number of nitrogens with one attached hydrogen (secondary N) is 1. The Morgan fingerprint density at radius 3 is 2.60 bits per heavy atom. The molecule has 0 saturated heterocycles. The first-order valence-corrected chi connectivity index (χ1v) is 5.52. The largest absolute Gasteiger partial charge is 0.324 e. The van der Waals surface area contributed by atoms with Gasteiger partial charge in [0.2, 0.25) is 0 Å². The minimum absolute atomic E-state index is 0.828. The highest BCUT2D eigenvalue weighted by molar-refractivity contribution is 4.97. The van der Waals surface area contributed by atoms with E-state index in [9.17, 15) is 0 Å². The lowest BCUT2D eigenvalue weighted by Gasteiger charge is -2.06. The number of hydrogen-bond acceptors (Lipinski definition) is 3. The number of imidazole rings is 1. The van der Waals surface area contributed by atoms with Crippen LogP contribution >= 0.6 is 0 Å². The molecule has 0 atom stereocenters. The molecule has 0 unspecified atom stereocenters. The van der Waals surface area contributed by atoms with Crippen LogP contribution in [0, 0.1) is 0 Å². The number of rotatable bonds is 5. The van der Waals surface area contributed by atoms with E-state index in [-0.39, 0.29) is 0 Å². The van der Waals surface area contributed by atoms with Crippen molar-refractivity contribution in [3.63, 3.8) is 0 Å². The van der Waals surface area contributed by atoms with Crippen LogP contribution < -0.4 is 5.32 Å². The predicted molar refractivity (Wildman–Crippen MR) is 64.9 cm³/mol. The smallest absolute Gasteiger partial charge is 0.0960 e. The maximum Gasteiger partial charge on any atom is 0.0960 e. The molecule has 1 rings (SSSR count). The highest BCUT2D eigenvalue weighted by Gasteiger charge is 1.98. The van der Waals surface area contributed by atoms with Crippen molar-refractivity contribution in [1.29, 1.82) is 0 Å². The van der Waals surface area contributed by atoms with Gasteiger partial charge in [-0.05, 0) is 21.1 Å². The summed E-state index contributed by atoms with van der Waals surface area (Å²) >= 11 is 0. The van der Waals surface area contributed by atoms with Crippen LogP contribution in [0.25, 0.3) is 0 Å². The van der Waals surface area contributed by atoms with Crippen LogP contribution in [0.3, 0.4) is 0 Å². The topological polar surface area (TPSA) is 33.1 Å². The molecule has 0 aliphatic heterocycles. The van der Waals surface area contributed by atoms with Gasteiger partial charge in [0, 0.05) is 19.2 Å². The molecule has 1 aromatic heterocycles. The van der Waals surface area contributed by atoms with Crippen LogP contribution in [-0.4, -0.2) is 42.1 Å². The lowest BCUT2D eigenvalue weighted by atomic mass is 10.3. The van der Waals surface area contributed by atoms with Crippen LogP contribution in [0.4, 0.5) is 0 Å². The molecule has 88 valence electrons. The number of aromatic nitrogens is 2. The molecule has 0 saturated carbocycles. The fourth-order valence-electron chi connectivity index (χ4n) is 1.14. The van der Waals surface area contributed by atoms with Crippen molar-refractivity contribution in [2.45, 2.75) is 26.9 Å². The first kappa shape index (κ1) is 14.1. The molecule has 1 N–H and O–H groups in total. The van der Waals surface area contributed by atoms with Gasteiger partial charge in [-0.3, -0.25) is 0 Å². The van der Waals surface area contributed by atoms with Crippen molar-refractivity contribution < 1.29 is 0 Å². The Labute approximate surface area is 93.3 Å². The van der Waals surface area contributed by atoms with Gasteiger partial charge in [0.25, 0.3) is 0 Å². The van der Waals surface area contributed by atoms with E-state index in [1.165, 1.54) is 0 Å². The SMILES string of the molecule is CC.CNCn1cnc(CCN(C)C)c1. The Bertz CT molecular complexity index is 242. The molecule has 0 bridgehead atoms. The van der Waals surface area contributed by atoms with Crippen molar-refractivity contribution in [2.75, 3.05) is 27.7 Å². The summed E-state index contributed by atoms with van der Waals surface area (Å²) in [4.78, 5) is 6.47. The Morgan fingerprint density at radius 1 is 1.40 bits per heavy atom. The molecule has 0 aliphatic carbocycles. The van der Waals surface area contributed by atoms with E-state index in [1.807, 2.05) is 31.8 Å². The summed E-state index contributed by atoms with van der Waals surface area (Å²) in [6.45, 7) is 5.88. The zero-order valence-electron chi connectivity index (χ0n) is 10.6. The minimum atomic E-state index is 0.828. The summed E-state index contributed by atoms with van der Waals surface area (Å²) in [5.41, 5.74) is 1.16. The quantitative estimate of drug-likeness (QED) is 0.796. The fourth-order valence-corrected chi connectivity index (χ4v) is 1.14. The van der Waals surface area contributed by atoms with E-state index in [4.69, 9.17) is 0 Å². The molecular formula is C11H24N4. The van der Waals surface area contributed by atoms with Crippen LogP contribution in [0.1, 0.15) is 19.5 Å². The van der Waals surface area contributed by atoms with Crippen molar-refractivity contribution in [3.8, 4) is 0 Å². The minimum Gasteiger partial charge on any atom is -0.324 e. The zero-order valence-corrected chi connectivity index (χ0v) is 10.6. The van der Waals surface area contributed by atoms with Crippen molar-refractivity contribution in [3.05, 3.63) is 18.2 Å². The molecule has 1 aromatic rings. The average molecular weight is 212 g/mol. The second kappa shape index (κ2) is 8.44. The first-order valence-electron chi connectivity index (χ1n) is 5.52. The summed E-state index contributed by atoms with van der Waals surface area (Å²) in [5.74, 6) is 0. The van der Waals surface area contributed by atoms with E-state index < -0.39 is 0 Å². The highest BCUT2D eigenvalue weighted by atomic mass is 15.1. The van der Waals surface area contributed by atoms with Gasteiger partial charge in [0.1, 0.15) is 0 Å². The van der Waals surface area contributed by atoms with Gasteiger partial charge in [0.15, 0.2) is 0 Å². The molecule has 0 aliphatic rings. The summed E-state index contributed by atoms with van der Waals surface area (Å²) < 4.78 is 2.05. The highest BCUT2D eigenvalue weighted by Crippen LogP contribution is 1.97. The van der Waals surface area contributed by atoms with Crippen LogP contribution in [0.15, 0.2) is 12.5 Å². The van der Waals surface area contributed by atoms with Crippen molar-refractivity contribution in [1.82, 2.24) is 19.8 Å². The maximum atomic E-state index is 4.30. The fraction of sp³-hybridized carbons (Fsp3) is 0.727. The maximum absolute atomic E-state index is 4.30. The van der Waals surface area contributed by atoms with Gasteiger partial charge in [-0.1, -0.05) is 13.8 Å². The molecule has 0 spiro atoms. The molecule has 0 fully saturated rings. The van der Waals surface area contributed by atoms with Gasteiger partial charge in [-0.2, -0.15) is 0 Å². The van der Waals surface area contributed by atoms with Gasteiger partial charge in [-0.15, -0.1) is 0 Å². The molecule has 1 heterocycles. The molecule has 0 amide bonds. The summed E-state index contributed by atoms with van der Waals surface area (Å²) in [6.07, 6.45) is 4.96. The van der Waals surface area contributed by atoms with Crippen molar-refractivity contribution in [2.24, 2.45) is 0 Å². The lowest BCUT2D eigenvalue weighted by molar-refractivity contribution is 0.412. The second-order valence-electron chi connectivity index (χ2n) is 3.44. The first-order chi connectivity index (χ1) is 7.22. The Balaban J connectivity index is 0.000000921. The summed E-state index contributed by atoms with van der Waals surface area (Å²) in [6, 6.07) is 0. The van der Waals surface area contributed by atoms with E-state index in [2.05, 4.69) is 35.5 Å². The van der Waals surface area contributed by atoms with Gasteiger partial charge in [0.05, 0.1) is 18.7 Å². The van der Waals surface area contributed by atoms with Crippen LogP contribution in [0.5, 0.6) is 0 Å². The molecule has 4 nitrogen and oxygen atoms in total. The number of hydrogen-bond donors (Lipinski definition) is 1. The molecule has 4 heteroatoms. The van der Waals surface area contributed by atoms with E-state index in [1.54, 1.807) is 0 Å². The zero-order chi connectivity index (χ0) is 11.7. The summed E-state index contributed by atoms with van der Waals surface area (Å²) in [5, 5.41) is 3.07.